The van der Waals surface area contributed by atoms with Gasteiger partial charge in [-0.3, -0.25) is 0 Å². The van der Waals surface area contributed by atoms with Crippen LogP contribution in [0.4, 0.5) is 5.82 Å². The van der Waals surface area contributed by atoms with Crippen LogP contribution in [0.25, 0.3) is 0 Å². The fourth-order valence-corrected chi connectivity index (χ4v) is 1.31. The van der Waals surface area contributed by atoms with Gasteiger partial charge in [-0.1, -0.05) is 0 Å². The molecule has 1 N–H and O–H groups in total. The number of terminal acetylenes is 1. The fourth-order valence-electron chi connectivity index (χ4n) is 1.09. The molecule has 0 amide bonds. The summed E-state index contributed by atoms with van der Waals surface area (Å²) in [5.41, 5.74) is 0.834. The van der Waals surface area contributed by atoms with Gasteiger partial charge in [0.15, 0.2) is 0 Å². The lowest BCUT2D eigenvalue weighted by atomic mass is 10.2. The average molecular weight is 210 g/mol. The number of hydrogen-bond acceptors (Lipinski definition) is 3. The Labute approximate surface area is 88.9 Å². The minimum atomic E-state index is 0.186. The monoisotopic (exact) mass is 209 g/mol. The van der Waals surface area contributed by atoms with Gasteiger partial charge in [0.1, 0.15) is 5.82 Å². The zero-order valence-electron chi connectivity index (χ0n) is 8.21. The number of nitrogens with zero attached hydrogens (tertiary/aromatic N) is 2. The number of halogens is 1. The maximum absolute atomic E-state index is 5.71. The van der Waals surface area contributed by atoms with Crippen molar-refractivity contribution in [1.82, 2.24) is 9.97 Å². The van der Waals surface area contributed by atoms with Crippen LogP contribution in [0.5, 0.6) is 0 Å². The van der Waals surface area contributed by atoms with E-state index in [9.17, 15) is 0 Å². The zero-order chi connectivity index (χ0) is 10.6. The van der Waals surface area contributed by atoms with Crippen LogP contribution in [-0.4, -0.2) is 16.0 Å². The Kier molecular flexibility index (Phi) is 3.73. The second-order valence-electron chi connectivity index (χ2n) is 3.12. The minimum absolute atomic E-state index is 0.186. The Morgan fingerprint density at radius 3 is 2.93 bits per heavy atom. The van der Waals surface area contributed by atoms with E-state index < -0.39 is 0 Å². The molecular formula is C10H12ClN3. The van der Waals surface area contributed by atoms with Crippen molar-refractivity contribution in [2.75, 3.05) is 5.32 Å². The summed E-state index contributed by atoms with van der Waals surface area (Å²) in [6, 6.07) is 2.02. The highest BCUT2D eigenvalue weighted by atomic mass is 35.5. The molecule has 0 bridgehead atoms. The second kappa shape index (κ2) is 4.83. The first-order valence-corrected chi connectivity index (χ1v) is 4.71. The Morgan fingerprint density at radius 1 is 1.64 bits per heavy atom. The van der Waals surface area contributed by atoms with Crippen molar-refractivity contribution in [3.63, 3.8) is 0 Å². The number of hydrogen-bond donors (Lipinski definition) is 1. The summed E-state index contributed by atoms with van der Waals surface area (Å²) >= 11 is 5.71. The molecule has 1 heterocycles. The van der Waals surface area contributed by atoms with Gasteiger partial charge in [0.2, 0.25) is 5.28 Å². The smallest absolute Gasteiger partial charge is 0.224 e. The number of aryl methyl sites for hydroxylation is 1. The molecule has 1 rings (SSSR count). The lowest BCUT2D eigenvalue weighted by Crippen LogP contribution is -2.15. The van der Waals surface area contributed by atoms with E-state index in [0.29, 0.717) is 12.2 Å². The molecule has 0 spiro atoms. The molecule has 1 atom stereocenters. The molecular weight excluding hydrogens is 198 g/mol. The van der Waals surface area contributed by atoms with Crippen LogP contribution in [-0.2, 0) is 0 Å². The van der Waals surface area contributed by atoms with Crippen LogP contribution in [0.15, 0.2) is 6.07 Å². The predicted molar refractivity (Wildman–Crippen MR) is 58.3 cm³/mol. The maximum atomic E-state index is 5.71. The van der Waals surface area contributed by atoms with Crippen LogP contribution in [0.3, 0.4) is 0 Å². The summed E-state index contributed by atoms with van der Waals surface area (Å²) in [4.78, 5) is 7.99. The molecule has 1 aromatic heterocycles. The van der Waals surface area contributed by atoms with Crippen LogP contribution >= 0.6 is 11.6 Å². The van der Waals surface area contributed by atoms with Crippen molar-refractivity contribution in [2.24, 2.45) is 0 Å². The Hall–Kier alpha value is -1.27. The van der Waals surface area contributed by atoms with Gasteiger partial charge in [-0.25, -0.2) is 9.97 Å². The Bertz CT molecular complexity index is 337. The topological polar surface area (TPSA) is 37.8 Å². The molecule has 1 unspecified atom stereocenters. The fraction of sp³-hybridized carbons (Fsp3) is 0.400. The highest BCUT2D eigenvalue weighted by Crippen LogP contribution is 2.11. The predicted octanol–water partition coefficient (Wildman–Crippen LogP) is 2.26. The second-order valence-corrected chi connectivity index (χ2v) is 3.46. The van der Waals surface area contributed by atoms with Crippen LogP contribution < -0.4 is 5.32 Å². The zero-order valence-corrected chi connectivity index (χ0v) is 8.97. The van der Waals surface area contributed by atoms with Crippen molar-refractivity contribution in [3.8, 4) is 12.3 Å². The van der Waals surface area contributed by atoms with Gasteiger partial charge in [0.25, 0.3) is 0 Å². The lowest BCUT2D eigenvalue weighted by molar-refractivity contribution is 0.819. The largest absolute Gasteiger partial charge is 0.367 e. The SMILES string of the molecule is C#CCC(C)Nc1cc(C)nc(Cl)n1. The third-order valence-corrected chi connectivity index (χ3v) is 1.81. The molecule has 4 heteroatoms. The molecule has 0 saturated heterocycles. The van der Waals surface area contributed by atoms with E-state index in [-0.39, 0.29) is 11.3 Å². The molecule has 14 heavy (non-hydrogen) atoms. The van der Waals surface area contributed by atoms with Crippen molar-refractivity contribution in [3.05, 3.63) is 17.0 Å². The third-order valence-electron chi connectivity index (χ3n) is 1.65. The van der Waals surface area contributed by atoms with Gasteiger partial charge in [0, 0.05) is 24.2 Å². The lowest BCUT2D eigenvalue weighted by Gasteiger charge is -2.11. The van der Waals surface area contributed by atoms with Crippen molar-refractivity contribution in [2.45, 2.75) is 26.3 Å². The summed E-state index contributed by atoms with van der Waals surface area (Å²) in [6.45, 7) is 3.86. The molecule has 0 aromatic carbocycles. The number of rotatable bonds is 3. The molecule has 3 nitrogen and oxygen atoms in total. The van der Waals surface area contributed by atoms with Gasteiger partial charge < -0.3 is 5.32 Å². The Morgan fingerprint density at radius 2 is 2.36 bits per heavy atom. The molecule has 0 aliphatic rings. The first kappa shape index (κ1) is 10.8. The molecule has 0 aliphatic heterocycles. The van der Waals surface area contributed by atoms with Crippen LogP contribution in [0.1, 0.15) is 19.0 Å². The number of anilines is 1. The van der Waals surface area contributed by atoms with E-state index in [1.54, 1.807) is 0 Å². The quantitative estimate of drug-likeness (QED) is 0.613. The summed E-state index contributed by atoms with van der Waals surface area (Å²) in [5.74, 6) is 3.29. The molecule has 0 radical (unpaired) electrons. The van der Waals surface area contributed by atoms with E-state index in [0.717, 1.165) is 5.69 Å². The normalized spacial score (nSPS) is 11.9. The number of nitrogens with one attached hydrogen (secondary N) is 1. The van der Waals surface area contributed by atoms with E-state index in [2.05, 4.69) is 21.2 Å². The molecule has 0 fully saturated rings. The Balaban J connectivity index is 2.72. The average Bonchev–Trinajstić information content (AvgIpc) is 2.01. The van der Waals surface area contributed by atoms with E-state index in [1.807, 2.05) is 19.9 Å². The van der Waals surface area contributed by atoms with Crippen LogP contribution in [0.2, 0.25) is 5.28 Å². The third kappa shape index (κ3) is 3.23. The van der Waals surface area contributed by atoms with E-state index in [4.69, 9.17) is 18.0 Å². The van der Waals surface area contributed by atoms with Gasteiger partial charge in [-0.2, -0.15) is 0 Å². The number of aromatic nitrogens is 2. The molecule has 0 saturated carbocycles. The molecule has 1 aromatic rings. The van der Waals surface area contributed by atoms with Crippen molar-refractivity contribution < 1.29 is 0 Å². The van der Waals surface area contributed by atoms with Crippen molar-refractivity contribution in [1.29, 1.82) is 0 Å². The van der Waals surface area contributed by atoms with Gasteiger partial charge in [0.05, 0.1) is 0 Å². The van der Waals surface area contributed by atoms with Gasteiger partial charge in [-0.05, 0) is 25.4 Å². The van der Waals surface area contributed by atoms with Crippen molar-refractivity contribution >= 4 is 17.4 Å². The van der Waals surface area contributed by atoms with E-state index >= 15 is 0 Å². The van der Waals surface area contributed by atoms with Gasteiger partial charge in [-0.15, -0.1) is 12.3 Å². The molecule has 74 valence electrons. The first-order chi connectivity index (χ1) is 6.61. The molecule has 0 aliphatic carbocycles. The van der Waals surface area contributed by atoms with Gasteiger partial charge >= 0.3 is 0 Å². The highest BCUT2D eigenvalue weighted by molar-refractivity contribution is 6.28. The maximum Gasteiger partial charge on any atom is 0.224 e. The summed E-state index contributed by atoms with van der Waals surface area (Å²) in [5, 5.41) is 3.40. The summed E-state index contributed by atoms with van der Waals surface area (Å²) < 4.78 is 0. The first-order valence-electron chi connectivity index (χ1n) is 4.33. The minimum Gasteiger partial charge on any atom is -0.367 e. The van der Waals surface area contributed by atoms with Crippen LogP contribution in [0, 0.1) is 19.3 Å². The standard InChI is InChI=1S/C10H12ClN3/c1-4-5-7(2)12-9-6-8(3)13-10(11)14-9/h1,6-7H,5H2,2-3H3,(H,12,13,14). The highest BCUT2D eigenvalue weighted by Gasteiger charge is 2.03. The summed E-state index contributed by atoms with van der Waals surface area (Å²) in [7, 11) is 0. The summed E-state index contributed by atoms with van der Waals surface area (Å²) in [6.07, 6.45) is 5.85. The van der Waals surface area contributed by atoms with E-state index in [1.165, 1.54) is 0 Å².